The van der Waals surface area contributed by atoms with Gasteiger partial charge in [0.15, 0.2) is 0 Å². The average molecular weight is 476 g/mol. The van der Waals surface area contributed by atoms with Crippen LogP contribution in [0.2, 0.25) is 0 Å². The first-order chi connectivity index (χ1) is 16.3. The number of benzene rings is 3. The lowest BCUT2D eigenvalue weighted by Crippen LogP contribution is -2.13. The highest BCUT2D eigenvalue weighted by Crippen LogP contribution is 2.24. The number of aromatic nitrogens is 2. The van der Waals surface area contributed by atoms with Crippen LogP contribution >= 0.6 is 0 Å². The summed E-state index contributed by atoms with van der Waals surface area (Å²) in [6, 6.07) is 23.1. The fourth-order valence-corrected chi connectivity index (χ4v) is 4.33. The molecule has 4 aromatic rings. The van der Waals surface area contributed by atoms with Gasteiger partial charge in [0.25, 0.3) is 10.0 Å². The van der Waals surface area contributed by atoms with Gasteiger partial charge >= 0.3 is 0 Å². The van der Waals surface area contributed by atoms with Gasteiger partial charge in [-0.2, -0.15) is 0 Å². The van der Waals surface area contributed by atoms with Crippen LogP contribution in [0.25, 0.3) is 0 Å². The van der Waals surface area contributed by atoms with Crippen molar-refractivity contribution in [3.63, 3.8) is 0 Å². The Labute approximate surface area is 199 Å². The fourth-order valence-electron chi connectivity index (χ4n) is 3.23. The number of ether oxygens (including phenoxy) is 1. The van der Waals surface area contributed by atoms with E-state index in [1.807, 2.05) is 44.2 Å². The van der Waals surface area contributed by atoms with Gasteiger partial charge in [0.1, 0.15) is 23.2 Å². The number of aryl methyl sites for hydroxylation is 2. The molecule has 0 aliphatic carbocycles. The van der Waals surface area contributed by atoms with E-state index in [2.05, 4.69) is 25.3 Å². The van der Waals surface area contributed by atoms with Crippen molar-refractivity contribution in [2.75, 3.05) is 22.5 Å². The number of hydrogen-bond donors (Lipinski definition) is 3. The van der Waals surface area contributed by atoms with Gasteiger partial charge in [-0.15, -0.1) is 0 Å². The maximum absolute atomic E-state index is 12.7. The Morgan fingerprint density at radius 2 is 1.29 bits per heavy atom. The molecule has 0 bridgehead atoms. The van der Waals surface area contributed by atoms with Gasteiger partial charge in [0.2, 0.25) is 0 Å². The van der Waals surface area contributed by atoms with Gasteiger partial charge in [0.05, 0.1) is 12.0 Å². The molecule has 0 unspecified atom stereocenters. The Hall–Kier alpha value is -4.11. The quantitative estimate of drug-likeness (QED) is 0.314. The van der Waals surface area contributed by atoms with Crippen LogP contribution in [0, 0.1) is 13.8 Å². The predicted molar refractivity (Wildman–Crippen MR) is 135 cm³/mol. The highest BCUT2D eigenvalue weighted by molar-refractivity contribution is 7.92. The lowest BCUT2D eigenvalue weighted by atomic mass is 10.2. The van der Waals surface area contributed by atoms with Crippen LogP contribution in [0.4, 0.5) is 28.7 Å². The number of rotatable bonds is 8. The minimum absolute atomic E-state index is 0.124. The molecule has 174 valence electrons. The second-order valence-corrected chi connectivity index (χ2v) is 9.35. The highest BCUT2D eigenvalue weighted by atomic mass is 32.2. The SMILES string of the molecule is COc1cccc(S(=O)(=O)Nc2ccc(Nc3cc(Nc4ccc(C)cc4)nc(C)n3)cc2)c1. The van der Waals surface area contributed by atoms with Gasteiger partial charge in [-0.1, -0.05) is 23.8 Å². The number of hydrogen-bond acceptors (Lipinski definition) is 7. The Morgan fingerprint density at radius 1 is 0.735 bits per heavy atom. The van der Waals surface area contributed by atoms with E-state index in [0.717, 1.165) is 11.4 Å². The van der Waals surface area contributed by atoms with Crippen LogP contribution in [0.5, 0.6) is 5.75 Å². The summed E-state index contributed by atoms with van der Waals surface area (Å²) < 4.78 is 33.1. The topological polar surface area (TPSA) is 105 Å². The number of nitrogens with zero attached hydrogens (tertiary/aromatic N) is 2. The van der Waals surface area contributed by atoms with Crippen LogP contribution in [0.15, 0.2) is 83.8 Å². The zero-order valence-electron chi connectivity index (χ0n) is 19.0. The third-order valence-electron chi connectivity index (χ3n) is 4.92. The van der Waals surface area contributed by atoms with Crippen LogP contribution in [-0.2, 0) is 10.0 Å². The number of sulfonamides is 1. The van der Waals surface area contributed by atoms with E-state index in [1.54, 1.807) is 36.4 Å². The number of anilines is 5. The van der Waals surface area contributed by atoms with Crippen molar-refractivity contribution in [1.82, 2.24) is 9.97 Å². The molecular formula is C25H25N5O3S. The Balaban J connectivity index is 1.46. The second-order valence-electron chi connectivity index (χ2n) is 7.66. The molecule has 0 aliphatic heterocycles. The molecule has 8 nitrogen and oxygen atoms in total. The molecular weight excluding hydrogens is 450 g/mol. The third kappa shape index (κ3) is 5.81. The maximum atomic E-state index is 12.7. The molecule has 3 aromatic carbocycles. The lowest BCUT2D eigenvalue weighted by molar-refractivity contribution is 0.413. The molecule has 0 radical (unpaired) electrons. The van der Waals surface area contributed by atoms with E-state index in [-0.39, 0.29) is 4.90 Å². The van der Waals surface area contributed by atoms with Crippen LogP contribution < -0.4 is 20.1 Å². The first kappa shape index (κ1) is 23.1. The van der Waals surface area contributed by atoms with Crippen molar-refractivity contribution in [3.05, 3.63) is 90.3 Å². The van der Waals surface area contributed by atoms with Crippen molar-refractivity contribution >= 4 is 38.7 Å². The molecule has 0 amide bonds. The zero-order chi connectivity index (χ0) is 24.1. The molecule has 0 fully saturated rings. The standard InChI is InChI=1S/C25H25N5O3S/c1-17-7-9-19(10-8-17)28-24-16-25(27-18(2)26-24)29-20-11-13-21(14-12-20)30-34(31,32)23-6-4-5-22(15-23)33-3/h4-16,30H,1-3H3,(H2,26,27,28,29). The Morgan fingerprint density at radius 3 is 1.88 bits per heavy atom. The van der Waals surface area contributed by atoms with E-state index in [1.165, 1.54) is 24.8 Å². The van der Waals surface area contributed by atoms with E-state index in [9.17, 15) is 8.42 Å². The van der Waals surface area contributed by atoms with E-state index < -0.39 is 10.0 Å². The normalized spacial score (nSPS) is 11.0. The van der Waals surface area contributed by atoms with Crippen molar-refractivity contribution in [3.8, 4) is 5.75 Å². The Kier molecular flexibility index (Phi) is 6.65. The molecule has 0 saturated carbocycles. The third-order valence-corrected chi connectivity index (χ3v) is 6.30. The summed E-state index contributed by atoms with van der Waals surface area (Å²) in [6.45, 7) is 3.86. The van der Waals surface area contributed by atoms with Gasteiger partial charge < -0.3 is 15.4 Å². The highest BCUT2D eigenvalue weighted by Gasteiger charge is 2.15. The van der Waals surface area contributed by atoms with Gasteiger partial charge in [0, 0.05) is 29.2 Å². The molecule has 9 heteroatoms. The summed E-state index contributed by atoms with van der Waals surface area (Å²) in [5.74, 6) is 2.37. The molecule has 0 aliphatic rings. The molecule has 1 heterocycles. The van der Waals surface area contributed by atoms with Crippen molar-refractivity contribution in [2.45, 2.75) is 18.7 Å². The van der Waals surface area contributed by atoms with Crippen molar-refractivity contribution in [2.24, 2.45) is 0 Å². The largest absolute Gasteiger partial charge is 0.497 e. The number of nitrogens with one attached hydrogen (secondary N) is 3. The summed E-state index contributed by atoms with van der Waals surface area (Å²) in [6.07, 6.45) is 0. The van der Waals surface area contributed by atoms with Gasteiger partial charge in [-0.3, -0.25) is 4.72 Å². The summed E-state index contributed by atoms with van der Waals surface area (Å²) in [5, 5.41) is 6.51. The smallest absolute Gasteiger partial charge is 0.262 e. The predicted octanol–water partition coefficient (Wildman–Crippen LogP) is 5.39. The molecule has 0 atom stereocenters. The maximum Gasteiger partial charge on any atom is 0.262 e. The molecule has 4 rings (SSSR count). The van der Waals surface area contributed by atoms with Gasteiger partial charge in [-0.05, 0) is 62.4 Å². The van der Waals surface area contributed by atoms with Crippen LogP contribution in [-0.4, -0.2) is 25.5 Å². The minimum atomic E-state index is -3.74. The second kappa shape index (κ2) is 9.80. The summed E-state index contributed by atoms with van der Waals surface area (Å²) in [7, 11) is -2.25. The molecule has 3 N–H and O–H groups in total. The van der Waals surface area contributed by atoms with Gasteiger partial charge in [-0.25, -0.2) is 18.4 Å². The first-order valence-corrected chi connectivity index (χ1v) is 12.0. The summed E-state index contributed by atoms with van der Waals surface area (Å²) in [4.78, 5) is 9.00. The van der Waals surface area contributed by atoms with E-state index in [0.29, 0.717) is 28.9 Å². The zero-order valence-corrected chi connectivity index (χ0v) is 19.8. The van der Waals surface area contributed by atoms with Crippen LogP contribution in [0.1, 0.15) is 11.4 Å². The van der Waals surface area contributed by atoms with Crippen LogP contribution in [0.3, 0.4) is 0 Å². The van der Waals surface area contributed by atoms with E-state index >= 15 is 0 Å². The molecule has 34 heavy (non-hydrogen) atoms. The summed E-state index contributed by atoms with van der Waals surface area (Å²) >= 11 is 0. The lowest BCUT2D eigenvalue weighted by Gasteiger charge is -2.12. The minimum Gasteiger partial charge on any atom is -0.497 e. The monoisotopic (exact) mass is 475 g/mol. The fraction of sp³-hybridized carbons (Fsp3) is 0.120. The number of methoxy groups -OCH3 is 1. The average Bonchev–Trinajstić information content (AvgIpc) is 2.81. The first-order valence-electron chi connectivity index (χ1n) is 10.5. The Bertz CT molecular complexity index is 1390. The molecule has 1 aromatic heterocycles. The van der Waals surface area contributed by atoms with E-state index in [4.69, 9.17) is 4.74 Å². The van der Waals surface area contributed by atoms with Crippen molar-refractivity contribution in [1.29, 1.82) is 0 Å². The van der Waals surface area contributed by atoms with Crippen molar-refractivity contribution < 1.29 is 13.2 Å². The molecule has 0 saturated heterocycles. The molecule has 0 spiro atoms. The summed E-state index contributed by atoms with van der Waals surface area (Å²) in [5.41, 5.74) is 3.31.